The molecule has 2 aromatic carbocycles. The Morgan fingerprint density at radius 3 is 2.62 bits per heavy atom. The summed E-state index contributed by atoms with van der Waals surface area (Å²) in [7, 11) is -4.15. The first-order valence-corrected chi connectivity index (χ1v) is 10.8. The summed E-state index contributed by atoms with van der Waals surface area (Å²) in [5.41, 5.74) is 0.279. The second kappa shape index (κ2) is 8.36. The third-order valence-electron chi connectivity index (χ3n) is 4.71. The third-order valence-corrected chi connectivity index (χ3v) is 5.21. The van der Waals surface area contributed by atoms with Crippen molar-refractivity contribution in [1.82, 2.24) is 9.97 Å². The first-order valence-electron chi connectivity index (χ1n) is 9.30. The van der Waals surface area contributed by atoms with E-state index < -0.39 is 21.7 Å². The van der Waals surface area contributed by atoms with Crippen molar-refractivity contribution < 1.29 is 22.0 Å². The molecule has 0 saturated carbocycles. The lowest BCUT2D eigenvalue weighted by Crippen LogP contribution is -2.22. The molecule has 0 unspecified atom stereocenters. The quantitative estimate of drug-likeness (QED) is 0.425. The molecule has 3 N–H and O–H groups in total. The molecule has 2 heterocycles. The van der Waals surface area contributed by atoms with Gasteiger partial charge in [-0.2, -0.15) is 8.42 Å². The monoisotopic (exact) mass is 456 g/mol. The topological polar surface area (TPSA) is 137 Å². The van der Waals surface area contributed by atoms with Crippen molar-refractivity contribution in [2.24, 2.45) is 5.14 Å². The summed E-state index contributed by atoms with van der Waals surface area (Å²) < 4.78 is 50.2. The summed E-state index contributed by atoms with van der Waals surface area (Å²) in [5, 5.41) is 5.56. The molecule has 0 radical (unpaired) electrons. The van der Waals surface area contributed by atoms with E-state index in [2.05, 4.69) is 9.97 Å². The normalized spacial score (nSPS) is 11.5. The highest BCUT2D eigenvalue weighted by molar-refractivity contribution is 7.90. The van der Waals surface area contributed by atoms with Crippen molar-refractivity contribution in [2.75, 3.05) is 4.72 Å². The summed E-state index contributed by atoms with van der Waals surface area (Å²) in [6.07, 6.45) is 2.96. The summed E-state index contributed by atoms with van der Waals surface area (Å²) in [6.45, 7) is 1.72. The minimum absolute atomic E-state index is 0.105. The van der Waals surface area contributed by atoms with Crippen LogP contribution < -0.4 is 20.2 Å². The third kappa shape index (κ3) is 4.58. The van der Waals surface area contributed by atoms with E-state index in [1.165, 1.54) is 30.6 Å². The van der Waals surface area contributed by atoms with Gasteiger partial charge >= 0.3 is 11.6 Å². The first kappa shape index (κ1) is 21.4. The predicted molar refractivity (Wildman–Crippen MR) is 115 cm³/mol. The molecule has 0 aliphatic rings. The maximum Gasteiger partial charge on any atom is 0.340 e. The number of benzene rings is 2. The number of halogens is 1. The molecule has 0 spiro atoms. The molecule has 4 rings (SSSR count). The van der Waals surface area contributed by atoms with Crippen LogP contribution in [0.25, 0.3) is 11.0 Å². The highest BCUT2D eigenvalue weighted by Crippen LogP contribution is 2.28. The van der Waals surface area contributed by atoms with E-state index in [4.69, 9.17) is 14.3 Å². The van der Waals surface area contributed by atoms with Gasteiger partial charge in [0.25, 0.3) is 10.2 Å². The molecule has 0 aliphatic heterocycles. The Morgan fingerprint density at radius 2 is 1.91 bits per heavy atom. The van der Waals surface area contributed by atoms with E-state index in [9.17, 15) is 17.6 Å². The summed E-state index contributed by atoms with van der Waals surface area (Å²) in [4.78, 5) is 20.6. The number of hydrogen-bond acceptors (Lipinski definition) is 7. The van der Waals surface area contributed by atoms with Crippen molar-refractivity contribution in [3.05, 3.63) is 87.8 Å². The van der Waals surface area contributed by atoms with Crippen LogP contribution in [0.5, 0.6) is 11.8 Å². The number of hydrogen-bond donors (Lipinski definition) is 2. The second-order valence-electron chi connectivity index (χ2n) is 6.89. The molecule has 0 bridgehead atoms. The van der Waals surface area contributed by atoms with Crippen molar-refractivity contribution in [3.8, 4) is 11.8 Å². The second-order valence-corrected chi connectivity index (χ2v) is 8.18. The van der Waals surface area contributed by atoms with Gasteiger partial charge in [-0.3, -0.25) is 4.72 Å². The number of nitrogens with zero attached hydrogens (tertiary/aromatic N) is 2. The van der Waals surface area contributed by atoms with E-state index in [1.807, 2.05) is 4.72 Å². The van der Waals surface area contributed by atoms with Crippen LogP contribution in [0.1, 0.15) is 16.7 Å². The van der Waals surface area contributed by atoms with Gasteiger partial charge in [-0.25, -0.2) is 24.3 Å². The predicted octanol–water partition coefficient (Wildman–Crippen LogP) is 3.03. The molecule has 32 heavy (non-hydrogen) atoms. The molecule has 9 nitrogen and oxygen atoms in total. The average Bonchev–Trinajstić information content (AvgIpc) is 2.73. The molecule has 0 saturated heterocycles. The lowest BCUT2D eigenvalue weighted by atomic mass is 9.99. The Bertz CT molecular complexity index is 1470. The highest BCUT2D eigenvalue weighted by Gasteiger charge is 2.17. The fraction of sp³-hybridized carbons (Fsp3) is 0.0952. The van der Waals surface area contributed by atoms with Crippen molar-refractivity contribution in [1.29, 1.82) is 0 Å². The lowest BCUT2D eigenvalue weighted by molar-refractivity contribution is 0.440. The van der Waals surface area contributed by atoms with Gasteiger partial charge in [0.15, 0.2) is 5.82 Å². The largest absolute Gasteiger partial charge is 0.424 e. The van der Waals surface area contributed by atoms with Gasteiger partial charge < -0.3 is 9.15 Å². The van der Waals surface area contributed by atoms with Gasteiger partial charge in [-0.1, -0.05) is 12.1 Å². The van der Waals surface area contributed by atoms with E-state index in [1.54, 1.807) is 31.2 Å². The zero-order chi connectivity index (χ0) is 22.9. The SMILES string of the molecule is Cc1c(Cc2cccc(NS(N)(=O)=O)c2F)c(=O)oc2cc(Oc3ncccn3)ccc12. The van der Waals surface area contributed by atoms with Gasteiger partial charge in [0.05, 0.1) is 5.69 Å². The molecular weight excluding hydrogens is 439 g/mol. The fourth-order valence-corrected chi connectivity index (χ4v) is 3.69. The van der Waals surface area contributed by atoms with Gasteiger partial charge in [0.1, 0.15) is 11.3 Å². The number of nitrogens with one attached hydrogen (secondary N) is 1. The summed E-state index contributed by atoms with van der Waals surface area (Å²) in [6, 6.07) is 10.9. The van der Waals surface area contributed by atoms with Crippen molar-refractivity contribution >= 4 is 26.9 Å². The molecule has 2 aromatic heterocycles. The van der Waals surface area contributed by atoms with Crippen LogP contribution in [0.4, 0.5) is 10.1 Å². The van der Waals surface area contributed by atoms with Gasteiger partial charge in [-0.15, -0.1) is 0 Å². The number of aryl methyl sites for hydroxylation is 1. The van der Waals surface area contributed by atoms with E-state index in [-0.39, 0.29) is 34.8 Å². The van der Waals surface area contributed by atoms with E-state index in [0.717, 1.165) is 0 Å². The van der Waals surface area contributed by atoms with Crippen molar-refractivity contribution in [3.63, 3.8) is 0 Å². The molecule has 0 amide bonds. The van der Waals surface area contributed by atoms with Crippen LogP contribution in [0.15, 0.2) is 64.1 Å². The highest BCUT2D eigenvalue weighted by atomic mass is 32.2. The fourth-order valence-electron chi connectivity index (χ4n) is 3.22. The Labute approximate surface area is 181 Å². The smallest absolute Gasteiger partial charge is 0.340 e. The van der Waals surface area contributed by atoms with Crippen LogP contribution >= 0.6 is 0 Å². The van der Waals surface area contributed by atoms with Crippen LogP contribution in [-0.4, -0.2) is 18.4 Å². The number of aromatic nitrogens is 2. The first-order chi connectivity index (χ1) is 15.2. The van der Waals surface area contributed by atoms with E-state index in [0.29, 0.717) is 16.7 Å². The van der Waals surface area contributed by atoms with E-state index >= 15 is 0 Å². The van der Waals surface area contributed by atoms with Gasteiger partial charge in [0.2, 0.25) is 0 Å². The molecule has 4 aromatic rings. The van der Waals surface area contributed by atoms with Crippen molar-refractivity contribution in [2.45, 2.75) is 13.3 Å². The summed E-state index contributed by atoms with van der Waals surface area (Å²) >= 11 is 0. The van der Waals surface area contributed by atoms with Crippen LogP contribution in [0.2, 0.25) is 0 Å². The zero-order valence-electron chi connectivity index (χ0n) is 16.7. The number of fused-ring (bicyclic) bond motifs is 1. The Kier molecular flexibility index (Phi) is 5.59. The van der Waals surface area contributed by atoms with Crippen LogP contribution in [0, 0.1) is 12.7 Å². The minimum atomic E-state index is -4.15. The number of ether oxygens (including phenoxy) is 1. The number of anilines is 1. The van der Waals surface area contributed by atoms with Gasteiger partial charge in [0, 0.05) is 35.8 Å². The molecule has 164 valence electrons. The molecule has 0 fully saturated rings. The zero-order valence-corrected chi connectivity index (χ0v) is 17.5. The standard InChI is InChI=1S/C21H17FN4O5S/c1-12-15-7-6-14(30-21-24-8-3-9-25-21)11-18(15)31-20(27)16(12)10-13-4-2-5-17(19(13)22)26-32(23,28)29/h2-9,11,26H,10H2,1H3,(H2,23,28,29). The number of rotatable bonds is 6. The lowest BCUT2D eigenvalue weighted by Gasteiger charge is -2.12. The number of nitrogens with two attached hydrogens (primary N) is 1. The maximum absolute atomic E-state index is 14.8. The molecule has 0 aliphatic carbocycles. The summed E-state index contributed by atoms with van der Waals surface area (Å²) in [5.74, 6) is -0.446. The minimum Gasteiger partial charge on any atom is -0.424 e. The van der Waals surface area contributed by atoms with Crippen LogP contribution in [-0.2, 0) is 16.6 Å². The Hall–Kier alpha value is -3.83. The molecular formula is C21H17FN4O5S. The average molecular weight is 456 g/mol. The molecule has 0 atom stereocenters. The van der Waals surface area contributed by atoms with Gasteiger partial charge in [-0.05, 0) is 42.3 Å². The Morgan fingerprint density at radius 1 is 1.16 bits per heavy atom. The Balaban J connectivity index is 1.69. The molecule has 11 heteroatoms. The van der Waals surface area contributed by atoms with Crippen LogP contribution in [0.3, 0.4) is 0 Å². The maximum atomic E-state index is 14.8.